The fourth-order valence-corrected chi connectivity index (χ4v) is 3.87. The zero-order valence-electron chi connectivity index (χ0n) is 14.5. The standard InChI is InChI=1S/C19H30N4O/c20-17-7-5-6-16(17)13-19(24)22-14-15-8-9-21-18(12-15)23-10-3-1-2-4-11-23/h8-9,12,16-17H,1-7,10-11,13-14,20H2,(H,22,24)/t16-,17+/m0/s1. The first-order valence-electron chi connectivity index (χ1n) is 9.44. The average Bonchev–Trinajstić information content (AvgIpc) is 2.84. The van der Waals surface area contributed by atoms with E-state index in [4.69, 9.17) is 5.73 Å². The highest BCUT2D eigenvalue weighted by atomic mass is 16.1. The third-order valence-corrected chi connectivity index (χ3v) is 5.40. The van der Waals surface area contributed by atoms with Crippen molar-refractivity contribution in [2.75, 3.05) is 18.0 Å². The maximum absolute atomic E-state index is 12.2. The van der Waals surface area contributed by atoms with E-state index in [1.54, 1.807) is 0 Å². The van der Waals surface area contributed by atoms with Gasteiger partial charge in [0.05, 0.1) is 0 Å². The van der Waals surface area contributed by atoms with Crippen molar-refractivity contribution in [2.24, 2.45) is 11.7 Å². The Labute approximate surface area is 145 Å². The summed E-state index contributed by atoms with van der Waals surface area (Å²) in [7, 11) is 0. The number of hydrogen-bond donors (Lipinski definition) is 2. The van der Waals surface area contributed by atoms with Crippen molar-refractivity contribution < 1.29 is 4.79 Å². The molecule has 2 aliphatic rings. The molecule has 1 aromatic heterocycles. The number of hydrogen-bond acceptors (Lipinski definition) is 4. The molecule has 2 fully saturated rings. The molecule has 5 heteroatoms. The van der Waals surface area contributed by atoms with Gasteiger partial charge in [-0.1, -0.05) is 19.3 Å². The van der Waals surface area contributed by atoms with Crippen LogP contribution in [-0.4, -0.2) is 30.0 Å². The number of pyridine rings is 1. The van der Waals surface area contributed by atoms with Crippen LogP contribution in [0.3, 0.4) is 0 Å². The summed E-state index contributed by atoms with van der Waals surface area (Å²) in [5, 5.41) is 3.05. The van der Waals surface area contributed by atoms with Crippen LogP contribution in [0.2, 0.25) is 0 Å². The van der Waals surface area contributed by atoms with Gasteiger partial charge in [0, 0.05) is 38.3 Å². The Bertz CT molecular complexity index is 540. The Kier molecular flexibility index (Phi) is 6.07. The summed E-state index contributed by atoms with van der Waals surface area (Å²) in [4.78, 5) is 19.0. The molecule has 0 radical (unpaired) electrons. The SMILES string of the molecule is N[C@@H]1CCC[C@H]1CC(=O)NCc1ccnc(N2CCCCCC2)c1. The molecule has 1 saturated heterocycles. The zero-order valence-corrected chi connectivity index (χ0v) is 14.5. The number of carbonyl (C=O) groups is 1. The molecule has 2 heterocycles. The minimum atomic E-state index is 0.116. The normalized spacial score (nSPS) is 24.6. The second kappa shape index (κ2) is 8.47. The van der Waals surface area contributed by atoms with Gasteiger partial charge in [-0.25, -0.2) is 4.98 Å². The molecule has 2 atom stereocenters. The molecule has 0 bridgehead atoms. The Morgan fingerprint density at radius 2 is 2.00 bits per heavy atom. The molecular formula is C19H30N4O. The van der Waals surface area contributed by atoms with E-state index >= 15 is 0 Å². The molecule has 1 amide bonds. The topological polar surface area (TPSA) is 71.2 Å². The van der Waals surface area contributed by atoms with Crippen LogP contribution in [0, 0.1) is 5.92 Å². The van der Waals surface area contributed by atoms with E-state index in [0.29, 0.717) is 18.9 Å². The quantitative estimate of drug-likeness (QED) is 0.870. The Balaban J connectivity index is 1.51. The predicted octanol–water partition coefficient (Wildman–Crippen LogP) is 2.60. The van der Waals surface area contributed by atoms with Crippen molar-refractivity contribution in [3.05, 3.63) is 23.9 Å². The molecule has 1 saturated carbocycles. The van der Waals surface area contributed by atoms with Crippen molar-refractivity contribution in [3.63, 3.8) is 0 Å². The molecule has 0 unspecified atom stereocenters. The molecule has 5 nitrogen and oxygen atoms in total. The highest BCUT2D eigenvalue weighted by Gasteiger charge is 2.25. The van der Waals surface area contributed by atoms with Gasteiger partial charge in [0.25, 0.3) is 0 Å². The van der Waals surface area contributed by atoms with Gasteiger partial charge < -0.3 is 16.0 Å². The van der Waals surface area contributed by atoms with E-state index in [-0.39, 0.29) is 11.9 Å². The van der Waals surface area contributed by atoms with Crippen LogP contribution in [0.1, 0.15) is 56.9 Å². The lowest BCUT2D eigenvalue weighted by Crippen LogP contribution is -2.31. The summed E-state index contributed by atoms with van der Waals surface area (Å²) in [5.74, 6) is 1.52. The monoisotopic (exact) mass is 330 g/mol. The fraction of sp³-hybridized carbons (Fsp3) is 0.684. The van der Waals surface area contributed by atoms with E-state index in [9.17, 15) is 4.79 Å². The fourth-order valence-electron chi connectivity index (χ4n) is 3.87. The summed E-state index contributed by atoms with van der Waals surface area (Å²) < 4.78 is 0. The van der Waals surface area contributed by atoms with Gasteiger partial charge in [-0.05, 0) is 49.3 Å². The minimum absolute atomic E-state index is 0.116. The number of rotatable bonds is 5. The lowest BCUT2D eigenvalue weighted by atomic mass is 10.00. The molecule has 1 aliphatic heterocycles. The van der Waals surface area contributed by atoms with Crippen LogP contribution in [0.5, 0.6) is 0 Å². The molecular weight excluding hydrogens is 300 g/mol. The van der Waals surface area contributed by atoms with Crippen LogP contribution >= 0.6 is 0 Å². The number of nitrogens with zero attached hydrogens (tertiary/aromatic N) is 2. The Hall–Kier alpha value is -1.62. The number of amides is 1. The van der Waals surface area contributed by atoms with Gasteiger partial charge in [0.2, 0.25) is 5.91 Å². The molecule has 1 aliphatic carbocycles. The van der Waals surface area contributed by atoms with Crippen molar-refractivity contribution in [2.45, 2.75) is 64.0 Å². The smallest absolute Gasteiger partial charge is 0.220 e. The Morgan fingerprint density at radius 3 is 2.71 bits per heavy atom. The molecule has 132 valence electrons. The summed E-state index contributed by atoms with van der Waals surface area (Å²) in [5.41, 5.74) is 7.17. The second-order valence-electron chi connectivity index (χ2n) is 7.26. The largest absolute Gasteiger partial charge is 0.357 e. The van der Waals surface area contributed by atoms with Crippen LogP contribution in [-0.2, 0) is 11.3 Å². The first kappa shape index (κ1) is 17.2. The summed E-state index contributed by atoms with van der Waals surface area (Å²) in [6, 6.07) is 4.31. The average molecular weight is 330 g/mol. The van der Waals surface area contributed by atoms with E-state index in [1.807, 2.05) is 12.3 Å². The maximum Gasteiger partial charge on any atom is 0.220 e. The van der Waals surface area contributed by atoms with E-state index in [2.05, 4.69) is 21.3 Å². The van der Waals surface area contributed by atoms with Gasteiger partial charge in [0.1, 0.15) is 5.82 Å². The van der Waals surface area contributed by atoms with Gasteiger partial charge in [-0.2, -0.15) is 0 Å². The minimum Gasteiger partial charge on any atom is -0.357 e. The predicted molar refractivity (Wildman–Crippen MR) is 96.7 cm³/mol. The lowest BCUT2D eigenvalue weighted by Gasteiger charge is -2.22. The number of aromatic nitrogens is 1. The molecule has 3 rings (SSSR count). The van der Waals surface area contributed by atoms with Gasteiger partial charge in [-0.3, -0.25) is 4.79 Å². The molecule has 1 aromatic rings. The first-order chi connectivity index (χ1) is 11.7. The molecule has 24 heavy (non-hydrogen) atoms. The van der Waals surface area contributed by atoms with Gasteiger partial charge in [-0.15, -0.1) is 0 Å². The third kappa shape index (κ3) is 4.69. The van der Waals surface area contributed by atoms with Crippen LogP contribution in [0.25, 0.3) is 0 Å². The first-order valence-corrected chi connectivity index (χ1v) is 9.44. The van der Waals surface area contributed by atoms with E-state index < -0.39 is 0 Å². The molecule has 0 aromatic carbocycles. The van der Waals surface area contributed by atoms with Crippen molar-refractivity contribution >= 4 is 11.7 Å². The van der Waals surface area contributed by atoms with Crippen molar-refractivity contribution in [1.82, 2.24) is 10.3 Å². The summed E-state index contributed by atoms with van der Waals surface area (Å²) >= 11 is 0. The maximum atomic E-state index is 12.2. The Morgan fingerprint density at radius 1 is 1.21 bits per heavy atom. The van der Waals surface area contributed by atoms with E-state index in [0.717, 1.165) is 43.7 Å². The second-order valence-corrected chi connectivity index (χ2v) is 7.26. The van der Waals surface area contributed by atoms with Gasteiger partial charge >= 0.3 is 0 Å². The van der Waals surface area contributed by atoms with Crippen LogP contribution in [0.15, 0.2) is 18.3 Å². The number of anilines is 1. The zero-order chi connectivity index (χ0) is 16.8. The van der Waals surface area contributed by atoms with Gasteiger partial charge in [0.15, 0.2) is 0 Å². The molecule has 3 N–H and O–H groups in total. The van der Waals surface area contributed by atoms with Crippen molar-refractivity contribution in [1.29, 1.82) is 0 Å². The van der Waals surface area contributed by atoms with E-state index in [1.165, 1.54) is 25.7 Å². The number of nitrogens with two attached hydrogens (primary N) is 1. The highest BCUT2D eigenvalue weighted by molar-refractivity contribution is 5.76. The van der Waals surface area contributed by atoms with Crippen LogP contribution < -0.4 is 16.0 Å². The number of carbonyl (C=O) groups excluding carboxylic acids is 1. The van der Waals surface area contributed by atoms with Crippen molar-refractivity contribution in [3.8, 4) is 0 Å². The third-order valence-electron chi connectivity index (χ3n) is 5.40. The van der Waals surface area contributed by atoms with Crippen LogP contribution in [0.4, 0.5) is 5.82 Å². The lowest BCUT2D eigenvalue weighted by molar-refractivity contribution is -0.122. The summed E-state index contributed by atoms with van der Waals surface area (Å²) in [6.45, 7) is 2.74. The number of nitrogens with one attached hydrogen (secondary N) is 1. The summed E-state index contributed by atoms with van der Waals surface area (Å²) in [6.07, 6.45) is 10.8. The molecule has 0 spiro atoms. The highest BCUT2D eigenvalue weighted by Crippen LogP contribution is 2.26.